The third-order valence-corrected chi connectivity index (χ3v) is 4.82. The summed E-state index contributed by atoms with van der Waals surface area (Å²) >= 11 is 12.0. The Morgan fingerprint density at radius 1 is 0.900 bits per heavy atom. The SMILES string of the molecule is CCCC(C)CCCC(C)CCc1ccc(Cl)c(Cl)c1. The molecule has 0 radical (unpaired) electrons. The minimum absolute atomic E-state index is 0.647. The summed E-state index contributed by atoms with van der Waals surface area (Å²) in [6.07, 6.45) is 9.11. The first kappa shape index (κ1) is 17.9. The minimum Gasteiger partial charge on any atom is -0.0827 e. The van der Waals surface area contributed by atoms with E-state index in [1.807, 2.05) is 12.1 Å². The molecule has 0 aliphatic carbocycles. The van der Waals surface area contributed by atoms with E-state index >= 15 is 0 Å². The molecule has 20 heavy (non-hydrogen) atoms. The number of rotatable bonds is 9. The van der Waals surface area contributed by atoms with Crippen LogP contribution in [0.5, 0.6) is 0 Å². The molecule has 0 amide bonds. The van der Waals surface area contributed by atoms with Crippen molar-refractivity contribution in [3.8, 4) is 0 Å². The molecule has 114 valence electrons. The molecule has 0 aliphatic heterocycles. The van der Waals surface area contributed by atoms with E-state index in [1.54, 1.807) is 0 Å². The zero-order valence-electron chi connectivity index (χ0n) is 13.1. The van der Waals surface area contributed by atoms with Gasteiger partial charge in [-0.1, -0.05) is 82.1 Å². The first-order chi connectivity index (χ1) is 9.52. The molecular weight excluding hydrogens is 287 g/mol. The molecule has 0 saturated heterocycles. The van der Waals surface area contributed by atoms with Crippen LogP contribution in [0.25, 0.3) is 0 Å². The molecule has 1 aromatic rings. The summed E-state index contributed by atoms with van der Waals surface area (Å²) < 4.78 is 0. The number of hydrogen-bond acceptors (Lipinski definition) is 0. The maximum atomic E-state index is 6.05. The lowest BCUT2D eigenvalue weighted by Crippen LogP contribution is -2.00. The number of hydrogen-bond donors (Lipinski definition) is 0. The second-order valence-corrected chi connectivity index (χ2v) is 7.03. The molecular formula is C18H28Cl2. The van der Waals surface area contributed by atoms with E-state index in [9.17, 15) is 0 Å². The molecule has 2 unspecified atom stereocenters. The molecule has 2 heteroatoms. The molecule has 0 aromatic heterocycles. The van der Waals surface area contributed by atoms with Gasteiger partial charge in [-0.15, -0.1) is 0 Å². The second kappa shape index (κ2) is 9.68. The molecule has 0 fully saturated rings. The minimum atomic E-state index is 0.647. The average Bonchev–Trinajstić information content (AvgIpc) is 2.40. The van der Waals surface area contributed by atoms with E-state index in [1.165, 1.54) is 44.1 Å². The average molecular weight is 315 g/mol. The van der Waals surface area contributed by atoms with E-state index < -0.39 is 0 Å². The summed E-state index contributed by atoms with van der Waals surface area (Å²) in [7, 11) is 0. The van der Waals surface area contributed by atoms with E-state index in [-0.39, 0.29) is 0 Å². The number of benzene rings is 1. The Bertz CT molecular complexity index is 387. The van der Waals surface area contributed by atoms with Gasteiger partial charge in [0, 0.05) is 0 Å². The summed E-state index contributed by atoms with van der Waals surface area (Å²) in [5, 5.41) is 1.32. The highest BCUT2D eigenvalue weighted by Crippen LogP contribution is 2.25. The first-order valence-corrected chi connectivity index (χ1v) is 8.72. The lowest BCUT2D eigenvalue weighted by Gasteiger charge is -2.14. The van der Waals surface area contributed by atoms with Crippen molar-refractivity contribution in [2.75, 3.05) is 0 Å². The Kier molecular flexibility index (Phi) is 8.64. The van der Waals surface area contributed by atoms with Gasteiger partial charge in [0.25, 0.3) is 0 Å². The molecule has 0 bridgehead atoms. The molecule has 0 N–H and O–H groups in total. The monoisotopic (exact) mass is 314 g/mol. The summed E-state index contributed by atoms with van der Waals surface area (Å²) in [5.41, 5.74) is 1.30. The van der Waals surface area contributed by atoms with Gasteiger partial charge >= 0.3 is 0 Å². The molecule has 1 rings (SSSR count). The molecule has 0 aliphatic rings. The summed E-state index contributed by atoms with van der Waals surface area (Å²) in [4.78, 5) is 0. The zero-order valence-corrected chi connectivity index (χ0v) is 14.6. The highest BCUT2D eigenvalue weighted by atomic mass is 35.5. The van der Waals surface area contributed by atoms with Gasteiger partial charge in [-0.3, -0.25) is 0 Å². The van der Waals surface area contributed by atoms with Crippen molar-refractivity contribution < 1.29 is 0 Å². The van der Waals surface area contributed by atoms with Gasteiger partial charge < -0.3 is 0 Å². The third kappa shape index (κ3) is 6.99. The van der Waals surface area contributed by atoms with Gasteiger partial charge in [-0.2, -0.15) is 0 Å². The van der Waals surface area contributed by atoms with Crippen molar-refractivity contribution in [1.82, 2.24) is 0 Å². The van der Waals surface area contributed by atoms with Crippen molar-refractivity contribution in [2.24, 2.45) is 11.8 Å². The van der Waals surface area contributed by atoms with Crippen LogP contribution in [-0.2, 0) is 6.42 Å². The fourth-order valence-electron chi connectivity index (χ4n) is 2.70. The molecule has 1 aromatic carbocycles. The molecule has 0 saturated carbocycles. The van der Waals surface area contributed by atoms with E-state index in [4.69, 9.17) is 23.2 Å². The standard InChI is InChI=1S/C18H28Cl2/c1-4-6-14(2)7-5-8-15(3)9-10-16-11-12-17(19)18(20)13-16/h11-15H,4-10H2,1-3H3. The maximum Gasteiger partial charge on any atom is 0.0595 e. The zero-order chi connectivity index (χ0) is 15.0. The highest BCUT2D eigenvalue weighted by molar-refractivity contribution is 6.42. The fourth-order valence-corrected chi connectivity index (χ4v) is 3.03. The molecule has 0 spiro atoms. The maximum absolute atomic E-state index is 6.05. The van der Waals surface area contributed by atoms with Crippen molar-refractivity contribution >= 4 is 23.2 Å². The summed E-state index contributed by atoms with van der Waals surface area (Å²) in [6, 6.07) is 5.99. The second-order valence-electron chi connectivity index (χ2n) is 6.22. The van der Waals surface area contributed by atoms with Crippen molar-refractivity contribution in [3.05, 3.63) is 33.8 Å². The van der Waals surface area contributed by atoms with Crippen molar-refractivity contribution in [1.29, 1.82) is 0 Å². The van der Waals surface area contributed by atoms with E-state index in [2.05, 4.69) is 26.8 Å². The Balaban J connectivity index is 2.22. The normalized spacial score (nSPS) is 14.2. The molecule has 0 nitrogen and oxygen atoms in total. The lowest BCUT2D eigenvalue weighted by molar-refractivity contribution is 0.409. The van der Waals surface area contributed by atoms with Crippen molar-refractivity contribution in [3.63, 3.8) is 0 Å². The predicted molar refractivity (Wildman–Crippen MR) is 91.9 cm³/mol. The van der Waals surface area contributed by atoms with Crippen LogP contribution < -0.4 is 0 Å². The van der Waals surface area contributed by atoms with Crippen molar-refractivity contribution in [2.45, 2.75) is 65.7 Å². The van der Waals surface area contributed by atoms with Gasteiger partial charge in [0.2, 0.25) is 0 Å². The van der Waals surface area contributed by atoms with Crippen LogP contribution in [0.1, 0.15) is 64.9 Å². The Morgan fingerprint density at radius 3 is 2.15 bits per heavy atom. The smallest absolute Gasteiger partial charge is 0.0595 e. The molecule has 0 heterocycles. The topological polar surface area (TPSA) is 0 Å². The highest BCUT2D eigenvalue weighted by Gasteiger charge is 2.06. The Hall–Kier alpha value is -0.200. The largest absolute Gasteiger partial charge is 0.0827 e. The van der Waals surface area contributed by atoms with E-state index in [0.717, 1.165) is 18.3 Å². The fraction of sp³-hybridized carbons (Fsp3) is 0.667. The van der Waals surface area contributed by atoms with Gasteiger partial charge in [0.05, 0.1) is 10.0 Å². The number of halogens is 2. The van der Waals surface area contributed by atoms with Crippen LogP contribution in [0.3, 0.4) is 0 Å². The van der Waals surface area contributed by atoms with Crippen LogP contribution in [-0.4, -0.2) is 0 Å². The summed E-state index contributed by atoms with van der Waals surface area (Å²) in [5.74, 6) is 1.68. The number of aryl methyl sites for hydroxylation is 1. The predicted octanol–water partition coefficient (Wildman–Crippen LogP) is 7.17. The third-order valence-electron chi connectivity index (χ3n) is 4.09. The lowest BCUT2D eigenvalue weighted by atomic mass is 9.92. The van der Waals surface area contributed by atoms with Gasteiger partial charge in [0.15, 0.2) is 0 Å². The van der Waals surface area contributed by atoms with Gasteiger partial charge in [-0.25, -0.2) is 0 Å². The quantitative estimate of drug-likeness (QED) is 0.453. The summed E-state index contributed by atoms with van der Waals surface area (Å²) in [6.45, 7) is 7.02. The Morgan fingerprint density at radius 2 is 1.55 bits per heavy atom. The van der Waals surface area contributed by atoms with Crippen LogP contribution in [0, 0.1) is 11.8 Å². The van der Waals surface area contributed by atoms with Crippen LogP contribution >= 0.6 is 23.2 Å². The van der Waals surface area contributed by atoms with Gasteiger partial charge in [-0.05, 0) is 42.4 Å². The van der Waals surface area contributed by atoms with Crippen LogP contribution in [0.4, 0.5) is 0 Å². The van der Waals surface area contributed by atoms with Crippen LogP contribution in [0.2, 0.25) is 10.0 Å². The van der Waals surface area contributed by atoms with E-state index in [0.29, 0.717) is 10.0 Å². The molecule has 2 atom stereocenters. The first-order valence-electron chi connectivity index (χ1n) is 7.96. The van der Waals surface area contributed by atoms with Crippen LogP contribution in [0.15, 0.2) is 18.2 Å². The Labute approximate surface area is 134 Å². The van der Waals surface area contributed by atoms with Gasteiger partial charge in [0.1, 0.15) is 0 Å².